The van der Waals surface area contributed by atoms with Crippen molar-refractivity contribution in [2.45, 2.75) is 24.4 Å². The van der Waals surface area contributed by atoms with Crippen LogP contribution in [-0.4, -0.2) is 19.9 Å². The normalized spacial score (nSPS) is 14.1. The van der Waals surface area contributed by atoms with E-state index in [-0.39, 0.29) is 0 Å². The lowest BCUT2D eigenvalue weighted by Gasteiger charge is -2.08. The molecule has 2 N–H and O–H groups in total. The Hall–Kier alpha value is -1.76. The fourth-order valence-electron chi connectivity index (χ4n) is 2.40. The standard InChI is InChI=1S/C15H17N3O2S/c19-21(20,18-8-5-12-3-6-16-7-4-12)15-2-1-13-10-17-11-14(13)9-15/h1-4,6-7,9,17-18H,5,8,10-11H2. The second-order valence-electron chi connectivity index (χ2n) is 5.04. The van der Waals surface area contributed by atoms with E-state index in [2.05, 4.69) is 15.0 Å². The van der Waals surface area contributed by atoms with Crippen LogP contribution in [-0.2, 0) is 29.5 Å². The molecule has 2 heterocycles. The lowest BCUT2D eigenvalue weighted by molar-refractivity contribution is 0.581. The number of nitrogens with zero attached hydrogens (tertiary/aromatic N) is 1. The van der Waals surface area contributed by atoms with E-state index in [9.17, 15) is 8.42 Å². The molecule has 0 amide bonds. The summed E-state index contributed by atoms with van der Waals surface area (Å²) >= 11 is 0. The number of hydrogen-bond donors (Lipinski definition) is 2. The Morgan fingerprint density at radius 3 is 2.67 bits per heavy atom. The SMILES string of the molecule is O=S(=O)(NCCc1ccncc1)c1ccc2c(c1)CNC2. The van der Waals surface area contributed by atoms with Gasteiger partial charge in [0.05, 0.1) is 4.90 Å². The summed E-state index contributed by atoms with van der Waals surface area (Å²) in [7, 11) is -3.45. The zero-order chi connectivity index (χ0) is 14.7. The van der Waals surface area contributed by atoms with Crippen LogP contribution in [0.5, 0.6) is 0 Å². The van der Waals surface area contributed by atoms with Crippen LogP contribution in [0.4, 0.5) is 0 Å². The third-order valence-corrected chi connectivity index (χ3v) is 5.03. The van der Waals surface area contributed by atoms with E-state index in [0.29, 0.717) is 17.9 Å². The van der Waals surface area contributed by atoms with Crippen molar-refractivity contribution in [3.63, 3.8) is 0 Å². The monoisotopic (exact) mass is 303 g/mol. The zero-order valence-electron chi connectivity index (χ0n) is 11.5. The maximum Gasteiger partial charge on any atom is 0.240 e. The zero-order valence-corrected chi connectivity index (χ0v) is 12.4. The Labute approximate surface area is 124 Å². The van der Waals surface area contributed by atoms with Gasteiger partial charge in [0.15, 0.2) is 0 Å². The largest absolute Gasteiger partial charge is 0.309 e. The smallest absolute Gasteiger partial charge is 0.240 e. The minimum atomic E-state index is -3.45. The molecule has 0 aliphatic carbocycles. The molecule has 0 saturated heterocycles. The van der Waals surface area contributed by atoms with E-state index < -0.39 is 10.0 Å². The average molecular weight is 303 g/mol. The molecule has 1 aliphatic heterocycles. The van der Waals surface area contributed by atoms with Gasteiger partial charge in [-0.15, -0.1) is 0 Å². The van der Waals surface area contributed by atoms with Gasteiger partial charge in [-0.2, -0.15) is 0 Å². The number of fused-ring (bicyclic) bond motifs is 1. The Morgan fingerprint density at radius 2 is 1.86 bits per heavy atom. The number of aromatic nitrogens is 1. The van der Waals surface area contributed by atoms with E-state index in [1.54, 1.807) is 24.5 Å². The molecular formula is C15H17N3O2S. The molecule has 5 nitrogen and oxygen atoms in total. The van der Waals surface area contributed by atoms with Crippen molar-refractivity contribution in [2.24, 2.45) is 0 Å². The van der Waals surface area contributed by atoms with Crippen molar-refractivity contribution >= 4 is 10.0 Å². The van der Waals surface area contributed by atoms with Crippen LogP contribution in [0.2, 0.25) is 0 Å². The molecule has 0 unspecified atom stereocenters. The van der Waals surface area contributed by atoms with Crippen molar-refractivity contribution in [3.05, 3.63) is 59.4 Å². The Morgan fingerprint density at radius 1 is 1.10 bits per heavy atom. The van der Waals surface area contributed by atoms with Crippen LogP contribution in [0, 0.1) is 0 Å². The highest BCUT2D eigenvalue weighted by Crippen LogP contribution is 2.19. The summed E-state index contributed by atoms with van der Waals surface area (Å²) in [5.74, 6) is 0. The highest BCUT2D eigenvalue weighted by atomic mass is 32.2. The number of sulfonamides is 1. The summed E-state index contributed by atoms with van der Waals surface area (Å²) in [6, 6.07) is 9.07. The summed E-state index contributed by atoms with van der Waals surface area (Å²) in [4.78, 5) is 4.27. The average Bonchev–Trinajstić information content (AvgIpc) is 2.95. The maximum atomic E-state index is 12.3. The Balaban J connectivity index is 1.67. The number of pyridine rings is 1. The van der Waals surface area contributed by atoms with Gasteiger partial charge in [0.2, 0.25) is 10.0 Å². The van der Waals surface area contributed by atoms with Gasteiger partial charge in [-0.25, -0.2) is 13.1 Å². The van der Waals surface area contributed by atoms with Crippen LogP contribution in [0.1, 0.15) is 16.7 Å². The number of nitrogens with one attached hydrogen (secondary N) is 2. The van der Waals surface area contributed by atoms with Crippen molar-refractivity contribution < 1.29 is 8.42 Å². The molecule has 110 valence electrons. The summed E-state index contributed by atoms with van der Waals surface area (Å²) in [5, 5.41) is 3.21. The van der Waals surface area contributed by atoms with Crippen molar-refractivity contribution in [2.75, 3.05) is 6.54 Å². The predicted molar refractivity (Wildman–Crippen MR) is 80.1 cm³/mol. The molecule has 1 aromatic heterocycles. The van der Waals surface area contributed by atoms with Gasteiger partial charge in [-0.05, 0) is 47.4 Å². The van der Waals surface area contributed by atoms with Crippen LogP contribution >= 0.6 is 0 Å². The lowest BCUT2D eigenvalue weighted by Crippen LogP contribution is -2.26. The van der Waals surface area contributed by atoms with Crippen molar-refractivity contribution in [1.29, 1.82) is 0 Å². The number of benzene rings is 1. The lowest BCUT2D eigenvalue weighted by atomic mass is 10.1. The van der Waals surface area contributed by atoms with E-state index in [1.165, 1.54) is 5.56 Å². The first-order valence-electron chi connectivity index (χ1n) is 6.86. The van der Waals surface area contributed by atoms with Gasteiger partial charge in [0, 0.05) is 32.0 Å². The van der Waals surface area contributed by atoms with E-state index in [0.717, 1.165) is 24.2 Å². The van der Waals surface area contributed by atoms with Crippen LogP contribution in [0.25, 0.3) is 0 Å². The predicted octanol–water partition coefficient (Wildman–Crippen LogP) is 1.21. The van der Waals surface area contributed by atoms with E-state index in [4.69, 9.17) is 0 Å². The van der Waals surface area contributed by atoms with Crippen LogP contribution in [0.15, 0.2) is 47.6 Å². The minimum absolute atomic E-state index is 0.333. The second-order valence-corrected chi connectivity index (χ2v) is 6.80. The summed E-state index contributed by atoms with van der Waals surface area (Å²) in [6.07, 6.45) is 4.06. The first-order valence-corrected chi connectivity index (χ1v) is 8.34. The van der Waals surface area contributed by atoms with Crippen molar-refractivity contribution in [3.8, 4) is 0 Å². The summed E-state index contributed by atoms with van der Waals surface area (Å²) in [5.41, 5.74) is 3.29. The van der Waals surface area contributed by atoms with Gasteiger partial charge in [-0.3, -0.25) is 4.98 Å². The fraction of sp³-hybridized carbons (Fsp3) is 0.267. The molecule has 2 aromatic rings. The quantitative estimate of drug-likeness (QED) is 0.871. The highest BCUT2D eigenvalue weighted by molar-refractivity contribution is 7.89. The topological polar surface area (TPSA) is 71.1 Å². The third-order valence-electron chi connectivity index (χ3n) is 3.57. The van der Waals surface area contributed by atoms with Crippen LogP contribution < -0.4 is 10.0 Å². The molecule has 0 spiro atoms. The Kier molecular flexibility index (Phi) is 4.01. The molecule has 1 aromatic carbocycles. The molecule has 0 bridgehead atoms. The maximum absolute atomic E-state index is 12.3. The van der Waals surface area contributed by atoms with E-state index in [1.807, 2.05) is 18.2 Å². The second kappa shape index (κ2) is 5.93. The molecule has 21 heavy (non-hydrogen) atoms. The van der Waals surface area contributed by atoms with Crippen LogP contribution in [0.3, 0.4) is 0 Å². The number of hydrogen-bond acceptors (Lipinski definition) is 4. The molecule has 0 atom stereocenters. The number of rotatable bonds is 5. The molecule has 0 radical (unpaired) electrons. The molecule has 6 heteroatoms. The molecule has 1 aliphatic rings. The molecule has 0 fully saturated rings. The van der Waals surface area contributed by atoms with Gasteiger partial charge in [-0.1, -0.05) is 6.07 Å². The third kappa shape index (κ3) is 3.29. The highest BCUT2D eigenvalue weighted by Gasteiger charge is 2.17. The molecule has 3 rings (SSSR count). The molecular weight excluding hydrogens is 286 g/mol. The minimum Gasteiger partial charge on any atom is -0.309 e. The van der Waals surface area contributed by atoms with Gasteiger partial charge in [0.25, 0.3) is 0 Å². The first-order chi connectivity index (χ1) is 10.1. The van der Waals surface area contributed by atoms with Gasteiger partial charge >= 0.3 is 0 Å². The summed E-state index contributed by atoms with van der Waals surface area (Å²) < 4.78 is 27.2. The fourth-order valence-corrected chi connectivity index (χ4v) is 3.48. The molecule has 0 saturated carbocycles. The summed E-state index contributed by atoms with van der Waals surface area (Å²) in [6.45, 7) is 1.92. The first kappa shape index (κ1) is 14.2. The van der Waals surface area contributed by atoms with Crippen molar-refractivity contribution in [1.82, 2.24) is 15.0 Å². The van der Waals surface area contributed by atoms with Gasteiger partial charge in [0.1, 0.15) is 0 Å². The van der Waals surface area contributed by atoms with E-state index >= 15 is 0 Å². The van der Waals surface area contributed by atoms with Gasteiger partial charge < -0.3 is 5.32 Å². The Bertz CT molecular complexity index is 730.